The molecule has 0 aliphatic carbocycles. The fraction of sp³-hybridized carbons (Fsp3) is 0.0625. The number of fused-ring (bicyclic) bond motifs is 1. The molecule has 0 atom stereocenters. The van der Waals surface area contributed by atoms with Gasteiger partial charge in [-0.3, -0.25) is 10.1 Å². The lowest BCUT2D eigenvalue weighted by Gasteiger charge is -2.03. The van der Waals surface area contributed by atoms with Gasteiger partial charge >= 0.3 is 5.69 Å². The third-order valence-electron chi connectivity index (χ3n) is 3.31. The number of rotatable bonds is 3. The number of nitriles is 1. The quantitative estimate of drug-likeness (QED) is 0.404. The number of allylic oxidation sites excluding steroid dienone is 1. The fourth-order valence-electron chi connectivity index (χ4n) is 2.19. The molecule has 0 radical (unpaired) electrons. The average molecular weight is 310 g/mol. The molecule has 23 heavy (non-hydrogen) atoms. The van der Waals surface area contributed by atoms with E-state index in [0.717, 1.165) is 0 Å². The van der Waals surface area contributed by atoms with Crippen LogP contribution in [0.25, 0.3) is 11.6 Å². The maximum Gasteiger partial charge on any atom is 0.311 e. The highest BCUT2D eigenvalue weighted by atomic mass is 16.7. The zero-order chi connectivity index (χ0) is 16.4. The summed E-state index contributed by atoms with van der Waals surface area (Å²) in [6, 6.07) is 11.1. The van der Waals surface area contributed by atoms with Crippen LogP contribution in [-0.2, 0) is 0 Å². The molecule has 7 heteroatoms. The smallest absolute Gasteiger partial charge is 0.311 e. The topological polar surface area (TPSA) is 106 Å². The summed E-state index contributed by atoms with van der Waals surface area (Å²) in [7, 11) is 0. The largest absolute Gasteiger partial charge is 0.502 e. The lowest BCUT2D eigenvalue weighted by Crippen LogP contribution is -1.92. The van der Waals surface area contributed by atoms with Crippen molar-refractivity contribution in [3.05, 3.63) is 57.6 Å². The molecule has 0 fully saturated rings. The number of hydrogen-bond acceptors (Lipinski definition) is 6. The standard InChI is InChI=1S/C16H10N2O5/c17-8-12(11-2-4-15-16(7-11)23-9-22-15)5-10-1-3-14(19)13(6-10)18(20)21/h1-7,19H,9H2/b12-5-. The second-order valence-corrected chi connectivity index (χ2v) is 4.74. The van der Waals surface area contributed by atoms with Gasteiger partial charge in [0.25, 0.3) is 0 Å². The average Bonchev–Trinajstić information content (AvgIpc) is 3.01. The van der Waals surface area contributed by atoms with Crippen molar-refractivity contribution in [2.45, 2.75) is 0 Å². The Kier molecular flexibility index (Phi) is 3.57. The molecule has 0 bridgehead atoms. The molecule has 0 aromatic heterocycles. The van der Waals surface area contributed by atoms with Crippen molar-refractivity contribution in [3.8, 4) is 23.3 Å². The van der Waals surface area contributed by atoms with E-state index in [1.165, 1.54) is 24.3 Å². The summed E-state index contributed by atoms with van der Waals surface area (Å²) in [6.45, 7) is 0.133. The van der Waals surface area contributed by atoms with Crippen LogP contribution >= 0.6 is 0 Å². The molecular weight excluding hydrogens is 300 g/mol. The van der Waals surface area contributed by atoms with Crippen molar-refractivity contribution in [1.29, 1.82) is 5.26 Å². The minimum absolute atomic E-state index is 0.133. The van der Waals surface area contributed by atoms with Crippen LogP contribution in [-0.4, -0.2) is 16.8 Å². The van der Waals surface area contributed by atoms with Gasteiger partial charge in [-0.2, -0.15) is 5.26 Å². The number of phenolic OH excluding ortho intramolecular Hbond substituents is 1. The van der Waals surface area contributed by atoms with Gasteiger partial charge in [0.05, 0.1) is 16.6 Å². The van der Waals surface area contributed by atoms with E-state index in [-0.39, 0.29) is 6.79 Å². The maximum atomic E-state index is 10.9. The number of nitrogens with zero attached hydrogens (tertiary/aromatic N) is 2. The van der Waals surface area contributed by atoms with Crippen molar-refractivity contribution >= 4 is 17.3 Å². The SMILES string of the molecule is N#C/C(=C/c1ccc(O)c([N+](=O)[O-])c1)c1ccc2c(c1)OCO2. The normalized spacial score (nSPS) is 12.7. The molecule has 1 N–H and O–H groups in total. The lowest BCUT2D eigenvalue weighted by atomic mass is 10.0. The molecule has 114 valence electrons. The lowest BCUT2D eigenvalue weighted by molar-refractivity contribution is -0.385. The van der Waals surface area contributed by atoms with Crippen LogP contribution < -0.4 is 9.47 Å². The molecule has 0 unspecified atom stereocenters. The number of phenols is 1. The zero-order valence-corrected chi connectivity index (χ0v) is 11.7. The van der Waals surface area contributed by atoms with Gasteiger partial charge in [-0.25, -0.2) is 0 Å². The Morgan fingerprint density at radius 3 is 2.78 bits per heavy atom. The van der Waals surface area contributed by atoms with Crippen LogP contribution in [0.3, 0.4) is 0 Å². The van der Waals surface area contributed by atoms with Crippen LogP contribution in [0.5, 0.6) is 17.2 Å². The second-order valence-electron chi connectivity index (χ2n) is 4.74. The van der Waals surface area contributed by atoms with Crippen LogP contribution in [0.1, 0.15) is 11.1 Å². The van der Waals surface area contributed by atoms with Crippen LogP contribution in [0.15, 0.2) is 36.4 Å². The molecule has 0 amide bonds. The molecule has 2 aromatic rings. The first-order valence-corrected chi connectivity index (χ1v) is 6.57. The van der Waals surface area contributed by atoms with Gasteiger partial charge in [-0.05, 0) is 41.5 Å². The first kappa shape index (κ1) is 14.4. The highest BCUT2D eigenvalue weighted by molar-refractivity contribution is 5.90. The summed E-state index contributed by atoms with van der Waals surface area (Å²) >= 11 is 0. The summed E-state index contributed by atoms with van der Waals surface area (Å²) in [4.78, 5) is 10.2. The Morgan fingerprint density at radius 2 is 2.04 bits per heavy atom. The molecule has 1 heterocycles. The Bertz CT molecular complexity index is 867. The zero-order valence-electron chi connectivity index (χ0n) is 11.7. The Balaban J connectivity index is 2.01. The van der Waals surface area contributed by atoms with Crippen molar-refractivity contribution in [2.24, 2.45) is 0 Å². The third-order valence-corrected chi connectivity index (χ3v) is 3.31. The monoisotopic (exact) mass is 310 g/mol. The van der Waals surface area contributed by atoms with Gasteiger partial charge in [-0.15, -0.1) is 0 Å². The van der Waals surface area contributed by atoms with Gasteiger partial charge < -0.3 is 14.6 Å². The summed E-state index contributed by atoms with van der Waals surface area (Å²) in [6.07, 6.45) is 1.50. The van der Waals surface area contributed by atoms with Crippen LogP contribution in [0.4, 0.5) is 5.69 Å². The highest BCUT2D eigenvalue weighted by Gasteiger charge is 2.16. The minimum Gasteiger partial charge on any atom is -0.502 e. The number of aromatic hydroxyl groups is 1. The molecule has 1 aliphatic heterocycles. The van der Waals surface area contributed by atoms with Gasteiger partial charge in [0, 0.05) is 6.07 Å². The van der Waals surface area contributed by atoms with Crippen molar-refractivity contribution in [2.75, 3.05) is 6.79 Å². The molecule has 1 aliphatic rings. The van der Waals surface area contributed by atoms with E-state index in [2.05, 4.69) is 6.07 Å². The first-order chi connectivity index (χ1) is 11.1. The Morgan fingerprint density at radius 1 is 1.26 bits per heavy atom. The van der Waals surface area contributed by atoms with Crippen molar-refractivity contribution in [1.82, 2.24) is 0 Å². The minimum atomic E-state index is -0.681. The van der Waals surface area contributed by atoms with Crippen molar-refractivity contribution in [3.63, 3.8) is 0 Å². The van der Waals surface area contributed by atoms with E-state index in [1.54, 1.807) is 18.2 Å². The number of ether oxygens (including phenoxy) is 2. The van der Waals surface area contributed by atoms with E-state index < -0.39 is 16.4 Å². The molecule has 3 rings (SSSR count). The van der Waals surface area contributed by atoms with Crippen LogP contribution in [0.2, 0.25) is 0 Å². The van der Waals surface area contributed by atoms with Gasteiger partial charge in [0.2, 0.25) is 6.79 Å². The molecular formula is C16H10N2O5. The molecule has 0 saturated carbocycles. The Labute approximate surface area is 130 Å². The number of benzene rings is 2. The fourth-order valence-corrected chi connectivity index (χ4v) is 2.19. The number of nitro groups is 1. The summed E-state index contributed by atoms with van der Waals surface area (Å²) in [5, 5.41) is 29.7. The Hall–Kier alpha value is -3.53. The highest BCUT2D eigenvalue weighted by Crippen LogP contribution is 2.35. The summed E-state index contributed by atoms with van der Waals surface area (Å²) in [5.74, 6) is 0.723. The second kappa shape index (κ2) is 5.69. The van der Waals surface area contributed by atoms with E-state index in [1.807, 2.05) is 0 Å². The molecule has 2 aromatic carbocycles. The third kappa shape index (κ3) is 2.78. The summed E-state index contributed by atoms with van der Waals surface area (Å²) in [5.41, 5.74) is 0.932. The van der Waals surface area contributed by atoms with E-state index in [4.69, 9.17) is 9.47 Å². The molecule has 7 nitrogen and oxygen atoms in total. The van der Waals surface area contributed by atoms with Gasteiger partial charge in [-0.1, -0.05) is 6.07 Å². The predicted octanol–water partition coefficient (Wildman–Crippen LogP) is 3.09. The van der Waals surface area contributed by atoms with Crippen LogP contribution in [0, 0.1) is 21.4 Å². The van der Waals surface area contributed by atoms with E-state index >= 15 is 0 Å². The van der Waals surface area contributed by atoms with Gasteiger partial charge in [0.1, 0.15) is 0 Å². The number of nitro benzene ring substituents is 1. The predicted molar refractivity (Wildman–Crippen MR) is 80.8 cm³/mol. The van der Waals surface area contributed by atoms with E-state index in [9.17, 15) is 20.5 Å². The summed E-state index contributed by atoms with van der Waals surface area (Å²) < 4.78 is 10.5. The van der Waals surface area contributed by atoms with Crippen molar-refractivity contribution < 1.29 is 19.5 Å². The van der Waals surface area contributed by atoms with Gasteiger partial charge in [0.15, 0.2) is 17.2 Å². The number of hydrogen-bond donors (Lipinski definition) is 1. The van der Waals surface area contributed by atoms with E-state index in [0.29, 0.717) is 28.2 Å². The first-order valence-electron chi connectivity index (χ1n) is 6.57. The maximum absolute atomic E-state index is 10.9. The molecule has 0 spiro atoms. The molecule has 0 saturated heterocycles.